The Balaban J connectivity index is 0.00000259. The number of nitrogens with zero attached hydrogens (tertiary/aromatic N) is 3. The van der Waals surface area contributed by atoms with Crippen LogP contribution in [0.3, 0.4) is 0 Å². The van der Waals surface area contributed by atoms with Gasteiger partial charge >= 0.3 is 0 Å². The quantitative estimate of drug-likeness (QED) is 0.258. The van der Waals surface area contributed by atoms with Gasteiger partial charge in [-0.1, -0.05) is 35.9 Å². The summed E-state index contributed by atoms with van der Waals surface area (Å²) in [5.41, 5.74) is 4.77. The molecule has 0 aliphatic heterocycles. The van der Waals surface area contributed by atoms with Gasteiger partial charge in [0.25, 0.3) is 0 Å². The fraction of sp³-hybridized carbons (Fsp3) is 0.115. The Morgan fingerprint density at radius 3 is 2.50 bits per heavy atom. The topological polar surface area (TPSA) is 13.7 Å². The minimum atomic E-state index is -2.29. The Morgan fingerprint density at radius 2 is 1.77 bits per heavy atom. The molecule has 2 heterocycles. The monoisotopic (exact) mass is 468 g/mol. The average molecular weight is 468 g/mol. The third-order valence-electron chi connectivity index (χ3n) is 5.33. The molecule has 0 amide bonds. The predicted octanol–water partition coefficient (Wildman–Crippen LogP) is 5.13. The van der Waals surface area contributed by atoms with Crippen LogP contribution in [0.15, 0.2) is 79.0 Å². The van der Waals surface area contributed by atoms with Gasteiger partial charge in [0.2, 0.25) is 0 Å². The largest absolute Gasteiger partial charge is 0.339 e. The summed E-state index contributed by atoms with van der Waals surface area (Å²) in [7, 11) is 1.79. The Bertz CT molecular complexity index is 1420. The van der Waals surface area contributed by atoms with Gasteiger partial charge in [-0.15, -0.1) is 17.5 Å². The van der Waals surface area contributed by atoms with E-state index in [1.54, 1.807) is 16.2 Å². The van der Waals surface area contributed by atoms with Gasteiger partial charge in [0.05, 0.1) is 7.05 Å². The second kappa shape index (κ2) is 8.33. The van der Waals surface area contributed by atoms with Crippen molar-refractivity contribution in [1.82, 2.24) is 9.13 Å². The molecule has 0 unspecified atom stereocenters. The molecule has 0 saturated carbocycles. The van der Waals surface area contributed by atoms with E-state index in [9.17, 15) is 0 Å². The van der Waals surface area contributed by atoms with E-state index in [0.717, 1.165) is 39.1 Å². The number of aryl methyl sites for hydroxylation is 1. The van der Waals surface area contributed by atoms with E-state index < -0.39 is 6.85 Å². The molecular weight excluding hydrogens is 443 g/mol. The van der Waals surface area contributed by atoms with Crippen LogP contribution >= 0.6 is 0 Å². The molecule has 0 atom stereocenters. The minimum Gasteiger partial charge on any atom is -0.339 e. The van der Waals surface area contributed by atoms with Crippen molar-refractivity contribution in [3.05, 3.63) is 103 Å². The Hall–Kier alpha value is -2.49. The molecule has 145 valence electrons. The van der Waals surface area contributed by atoms with Crippen LogP contribution in [-0.4, -0.2) is 9.13 Å². The van der Waals surface area contributed by atoms with E-state index >= 15 is 0 Å². The molecule has 3 nitrogen and oxygen atoms in total. The maximum atomic E-state index is 8.19. The summed E-state index contributed by atoms with van der Waals surface area (Å²) in [4.78, 5) is 0. The van der Waals surface area contributed by atoms with E-state index in [0.29, 0.717) is 0 Å². The Kier molecular flexibility index (Phi) is 4.78. The predicted molar refractivity (Wildman–Crippen MR) is 116 cm³/mol. The van der Waals surface area contributed by atoms with Crippen molar-refractivity contribution < 1.29 is 41.4 Å². The molecule has 0 N–H and O–H groups in total. The number of benzene rings is 3. The summed E-state index contributed by atoms with van der Waals surface area (Å²) >= 11 is 0. The number of para-hydroxylation sites is 2. The minimum absolute atomic E-state index is 0. The second-order valence-electron chi connectivity index (χ2n) is 7.15. The Morgan fingerprint density at radius 1 is 0.967 bits per heavy atom. The molecular formula is C26H22N3Y-. The summed E-state index contributed by atoms with van der Waals surface area (Å²) in [6.45, 7) is -0.235. The number of aromatic nitrogens is 3. The van der Waals surface area contributed by atoms with Crippen molar-refractivity contribution in [3.8, 4) is 22.6 Å². The van der Waals surface area contributed by atoms with E-state index in [-0.39, 0.29) is 38.5 Å². The van der Waals surface area contributed by atoms with Gasteiger partial charge in [0.15, 0.2) is 11.6 Å². The molecule has 1 radical (unpaired) electrons. The number of fused-ring (bicyclic) bond motifs is 1. The number of hydrogen-bond acceptors (Lipinski definition) is 0. The molecule has 5 aromatic rings. The van der Waals surface area contributed by atoms with Crippen LogP contribution in [0.4, 0.5) is 0 Å². The van der Waals surface area contributed by atoms with Crippen LogP contribution in [0.5, 0.6) is 0 Å². The molecule has 0 aliphatic carbocycles. The van der Waals surface area contributed by atoms with Crippen LogP contribution in [0, 0.1) is 26.0 Å². The molecule has 5 rings (SSSR count). The molecule has 30 heavy (non-hydrogen) atoms. The summed E-state index contributed by atoms with van der Waals surface area (Å²) in [6, 6.07) is 26.8. The van der Waals surface area contributed by atoms with Crippen LogP contribution < -0.4 is 4.57 Å². The zero-order valence-electron chi connectivity index (χ0n) is 19.9. The van der Waals surface area contributed by atoms with Gasteiger partial charge in [0.1, 0.15) is 11.9 Å². The first-order valence-electron chi connectivity index (χ1n) is 11.0. The van der Waals surface area contributed by atoms with Gasteiger partial charge in [-0.2, -0.15) is 29.8 Å². The Labute approximate surface area is 206 Å². The summed E-state index contributed by atoms with van der Waals surface area (Å²) < 4.78 is 30.0. The fourth-order valence-corrected chi connectivity index (χ4v) is 3.84. The second-order valence-corrected chi connectivity index (χ2v) is 7.15. The maximum Gasteiger partial charge on any atom is 0.200 e. The van der Waals surface area contributed by atoms with Gasteiger partial charge in [-0.25, -0.2) is 10.1 Å². The zero-order valence-corrected chi connectivity index (χ0v) is 19.8. The van der Waals surface area contributed by atoms with E-state index in [4.69, 9.17) is 4.11 Å². The van der Waals surface area contributed by atoms with Crippen molar-refractivity contribution in [3.63, 3.8) is 0 Å². The number of imidazole rings is 1. The number of hydrogen-bond donors (Lipinski definition) is 0. The molecule has 0 spiro atoms. The van der Waals surface area contributed by atoms with Crippen molar-refractivity contribution in [2.24, 2.45) is 7.05 Å². The van der Waals surface area contributed by atoms with Crippen molar-refractivity contribution >= 4 is 10.9 Å². The van der Waals surface area contributed by atoms with E-state index in [2.05, 4.69) is 31.3 Å². The molecule has 0 bridgehead atoms. The first-order valence-corrected chi connectivity index (χ1v) is 9.54. The van der Waals surface area contributed by atoms with Gasteiger partial charge in [-0.05, 0) is 25.3 Å². The maximum absolute atomic E-state index is 8.19. The molecule has 2 aromatic heterocycles. The summed E-state index contributed by atoms with van der Waals surface area (Å²) in [5.74, 6) is 0.955. The van der Waals surface area contributed by atoms with Crippen LogP contribution in [0.1, 0.15) is 15.5 Å². The number of rotatable bonds is 3. The molecule has 0 saturated heterocycles. The normalized spacial score (nSPS) is 12.8. The van der Waals surface area contributed by atoms with Crippen molar-refractivity contribution in [2.45, 2.75) is 13.8 Å². The SMILES string of the molecule is [2H]C([2H])([2H])c1n(-c2ccccc2)cc(-n2[c-]c(-c3[c-]cccc3)c3cccc(C)c32)[n+]1C.[Y]. The molecule has 4 heteroatoms. The average Bonchev–Trinajstić information content (AvgIpc) is 3.34. The fourth-order valence-electron chi connectivity index (χ4n) is 3.84. The van der Waals surface area contributed by atoms with Gasteiger partial charge in [0, 0.05) is 49.2 Å². The van der Waals surface area contributed by atoms with E-state index in [1.165, 1.54) is 0 Å². The van der Waals surface area contributed by atoms with Crippen molar-refractivity contribution in [1.29, 1.82) is 0 Å². The van der Waals surface area contributed by atoms with Gasteiger partial charge in [-0.3, -0.25) is 4.57 Å². The third kappa shape index (κ3) is 3.36. The van der Waals surface area contributed by atoms with Crippen LogP contribution in [0.2, 0.25) is 0 Å². The first-order chi connectivity index (χ1) is 15.4. The first kappa shape index (κ1) is 17.2. The van der Waals surface area contributed by atoms with E-state index in [1.807, 2.05) is 71.4 Å². The molecule has 3 aromatic carbocycles. The van der Waals surface area contributed by atoms with Gasteiger partial charge < -0.3 is 4.57 Å². The van der Waals surface area contributed by atoms with Crippen LogP contribution in [0.25, 0.3) is 33.5 Å². The summed E-state index contributed by atoms with van der Waals surface area (Å²) in [5, 5.41) is 1.05. The summed E-state index contributed by atoms with van der Waals surface area (Å²) in [6.07, 6.45) is 5.39. The van der Waals surface area contributed by atoms with Crippen LogP contribution in [-0.2, 0) is 39.8 Å². The smallest absolute Gasteiger partial charge is 0.200 e. The zero-order chi connectivity index (χ0) is 22.5. The third-order valence-corrected chi connectivity index (χ3v) is 5.33. The van der Waals surface area contributed by atoms with Crippen molar-refractivity contribution in [2.75, 3.05) is 0 Å². The molecule has 0 fully saturated rings. The standard InChI is InChI=1S/C26H22N3.Y/c1-19-11-10-16-23-24(21-12-6-4-7-13-21)17-29(26(19)23)25-18-28(20(2)27(25)3)22-14-8-5-9-15-22;/h4-12,14-16,18H,1-3H3;/q-1;/i2D3;. The molecule has 0 aliphatic rings.